The zero-order valence-corrected chi connectivity index (χ0v) is 6.77. The van der Waals surface area contributed by atoms with Crippen molar-refractivity contribution in [3.8, 4) is 0 Å². The quantitative estimate of drug-likeness (QED) is 0.291. The molecule has 0 aromatic rings. The van der Waals surface area contributed by atoms with Crippen LogP contribution in [0.1, 0.15) is 0 Å². The molecular weight excluding hydrogens is 154 g/mol. The Labute approximate surface area is 71.5 Å². The first kappa shape index (κ1) is 10.2. The minimum absolute atomic E-state index is 0.273. The van der Waals surface area contributed by atoms with Gasteiger partial charge < -0.3 is 5.11 Å². The average molecular weight is 165 g/mol. The third-order valence-electron chi connectivity index (χ3n) is 1.03. The van der Waals surface area contributed by atoms with E-state index in [0.29, 0.717) is 5.82 Å². The number of nitrogens with zero attached hydrogens (tertiary/aromatic N) is 3. The van der Waals surface area contributed by atoms with Gasteiger partial charge in [-0.3, -0.25) is 0 Å². The largest absolute Gasteiger partial charge is 0.494 e. The first-order valence-corrected chi connectivity index (χ1v) is 3.11. The van der Waals surface area contributed by atoms with Crippen LogP contribution in [0, 0.1) is 0 Å². The van der Waals surface area contributed by atoms with E-state index in [4.69, 9.17) is 5.11 Å². The van der Waals surface area contributed by atoms with Gasteiger partial charge in [0.1, 0.15) is 0 Å². The standard InChI is InChI=1S/C8H11N3O/c1-5-6-8(9-3)11(10-4)7(2)12/h5-6,12H,1-4H2/b8-6+. The van der Waals surface area contributed by atoms with Gasteiger partial charge in [0.2, 0.25) is 5.88 Å². The lowest BCUT2D eigenvalue weighted by molar-refractivity contribution is 0.249. The lowest BCUT2D eigenvalue weighted by Gasteiger charge is -2.14. The number of hydrogen-bond donors (Lipinski definition) is 1. The highest BCUT2D eigenvalue weighted by Crippen LogP contribution is 2.10. The molecule has 0 aliphatic heterocycles. The zero-order chi connectivity index (χ0) is 9.56. The maximum absolute atomic E-state index is 8.98. The highest BCUT2D eigenvalue weighted by Gasteiger charge is 2.06. The van der Waals surface area contributed by atoms with Crippen LogP contribution in [-0.2, 0) is 0 Å². The summed E-state index contributed by atoms with van der Waals surface area (Å²) in [5.41, 5.74) is 0. The normalized spacial score (nSPS) is 10.2. The van der Waals surface area contributed by atoms with Crippen LogP contribution in [0.15, 0.2) is 47.1 Å². The van der Waals surface area contributed by atoms with Crippen molar-refractivity contribution in [3.05, 3.63) is 37.0 Å². The minimum atomic E-state index is -0.273. The summed E-state index contributed by atoms with van der Waals surface area (Å²) in [4.78, 5) is 3.58. The second-order valence-electron chi connectivity index (χ2n) is 1.79. The summed E-state index contributed by atoms with van der Waals surface area (Å²) in [6, 6.07) is 0. The molecule has 1 N–H and O–H groups in total. The number of aliphatic hydroxyl groups is 1. The molecule has 4 nitrogen and oxygen atoms in total. The summed E-state index contributed by atoms with van der Waals surface area (Å²) in [5, 5.41) is 13.5. The molecule has 0 amide bonds. The predicted molar refractivity (Wildman–Crippen MR) is 51.0 cm³/mol. The SMILES string of the molecule is C=C/C=C(\N=C)N(N=C)C(=C)O. The monoisotopic (exact) mass is 165 g/mol. The van der Waals surface area contributed by atoms with E-state index in [1.807, 2.05) is 0 Å². The summed E-state index contributed by atoms with van der Waals surface area (Å²) in [7, 11) is 0. The van der Waals surface area contributed by atoms with Crippen LogP contribution < -0.4 is 0 Å². The summed E-state index contributed by atoms with van der Waals surface area (Å²) in [5.74, 6) is 0.0398. The Morgan fingerprint density at radius 3 is 2.25 bits per heavy atom. The molecule has 0 radical (unpaired) electrons. The van der Waals surface area contributed by atoms with Crippen LogP contribution in [0.3, 0.4) is 0 Å². The molecule has 0 heterocycles. The first-order chi connectivity index (χ1) is 5.67. The van der Waals surface area contributed by atoms with Crippen molar-refractivity contribution >= 4 is 13.4 Å². The molecule has 0 aliphatic carbocycles. The molecule has 0 fully saturated rings. The number of hydrazone groups is 1. The van der Waals surface area contributed by atoms with Gasteiger partial charge in [-0.2, -0.15) is 10.1 Å². The van der Waals surface area contributed by atoms with Gasteiger partial charge in [-0.15, -0.1) is 0 Å². The molecule has 0 aliphatic rings. The van der Waals surface area contributed by atoms with Gasteiger partial charge in [-0.1, -0.05) is 12.7 Å². The van der Waals surface area contributed by atoms with Gasteiger partial charge in [-0.25, -0.2) is 4.99 Å². The Bertz CT molecular complexity index is 243. The summed E-state index contributed by atoms with van der Waals surface area (Å²) in [6.45, 7) is 13.2. The Kier molecular flexibility index (Phi) is 4.15. The minimum Gasteiger partial charge on any atom is -0.494 e. The van der Waals surface area contributed by atoms with Gasteiger partial charge >= 0.3 is 0 Å². The van der Waals surface area contributed by atoms with Crippen molar-refractivity contribution < 1.29 is 5.11 Å². The fourth-order valence-electron chi connectivity index (χ4n) is 0.582. The molecule has 0 spiro atoms. The van der Waals surface area contributed by atoms with E-state index in [-0.39, 0.29) is 5.88 Å². The third-order valence-corrected chi connectivity index (χ3v) is 1.03. The summed E-state index contributed by atoms with van der Waals surface area (Å²) >= 11 is 0. The Morgan fingerprint density at radius 2 is 2.00 bits per heavy atom. The van der Waals surface area contributed by atoms with Gasteiger partial charge in [-0.05, 0) is 19.4 Å². The van der Waals surface area contributed by atoms with Gasteiger partial charge in [0.05, 0.1) is 0 Å². The van der Waals surface area contributed by atoms with Crippen LogP contribution in [0.4, 0.5) is 0 Å². The second-order valence-corrected chi connectivity index (χ2v) is 1.79. The van der Waals surface area contributed by atoms with Crippen molar-refractivity contribution in [2.45, 2.75) is 0 Å². The van der Waals surface area contributed by atoms with E-state index in [1.165, 1.54) is 12.2 Å². The van der Waals surface area contributed by atoms with Gasteiger partial charge in [0.15, 0.2) is 5.82 Å². The smallest absolute Gasteiger partial charge is 0.206 e. The van der Waals surface area contributed by atoms with Crippen LogP contribution in [0.25, 0.3) is 0 Å². The highest BCUT2D eigenvalue weighted by molar-refractivity contribution is 5.31. The van der Waals surface area contributed by atoms with Crippen LogP contribution >= 0.6 is 0 Å². The molecule has 0 saturated carbocycles. The number of aliphatic hydroxyl groups excluding tert-OH is 1. The number of rotatable bonds is 5. The number of hydrogen-bond acceptors (Lipinski definition) is 4. The molecule has 64 valence electrons. The summed E-state index contributed by atoms with van der Waals surface area (Å²) < 4.78 is 0. The molecule has 0 unspecified atom stereocenters. The average Bonchev–Trinajstić information content (AvgIpc) is 2.03. The summed E-state index contributed by atoms with van der Waals surface area (Å²) in [6.07, 6.45) is 3.01. The van der Waals surface area contributed by atoms with Crippen LogP contribution in [-0.4, -0.2) is 23.6 Å². The highest BCUT2D eigenvalue weighted by atomic mass is 16.3. The molecule has 0 saturated heterocycles. The maximum atomic E-state index is 8.98. The fraction of sp³-hybridized carbons (Fsp3) is 0. The third kappa shape index (κ3) is 2.42. The zero-order valence-electron chi connectivity index (χ0n) is 6.77. The van der Waals surface area contributed by atoms with Crippen LogP contribution in [0.5, 0.6) is 0 Å². The van der Waals surface area contributed by atoms with E-state index in [1.54, 1.807) is 0 Å². The molecule has 4 heteroatoms. The van der Waals surface area contributed by atoms with E-state index in [9.17, 15) is 0 Å². The molecule has 0 rings (SSSR count). The van der Waals surface area contributed by atoms with Crippen molar-refractivity contribution in [2.24, 2.45) is 10.1 Å². The van der Waals surface area contributed by atoms with E-state index in [2.05, 4.69) is 36.7 Å². The van der Waals surface area contributed by atoms with Gasteiger partial charge in [0, 0.05) is 6.72 Å². The Morgan fingerprint density at radius 1 is 1.42 bits per heavy atom. The van der Waals surface area contributed by atoms with Crippen molar-refractivity contribution in [1.29, 1.82) is 0 Å². The maximum Gasteiger partial charge on any atom is 0.206 e. The molecule has 0 bridgehead atoms. The lowest BCUT2D eigenvalue weighted by atomic mass is 10.5. The molecule has 0 aromatic carbocycles. The molecule has 0 aromatic heterocycles. The molecule has 0 atom stereocenters. The van der Waals surface area contributed by atoms with E-state index >= 15 is 0 Å². The molecule has 12 heavy (non-hydrogen) atoms. The van der Waals surface area contributed by atoms with Crippen molar-refractivity contribution in [3.63, 3.8) is 0 Å². The fourth-order valence-corrected chi connectivity index (χ4v) is 0.582. The number of allylic oxidation sites excluding steroid dienone is 2. The van der Waals surface area contributed by atoms with Crippen molar-refractivity contribution in [2.75, 3.05) is 0 Å². The first-order valence-electron chi connectivity index (χ1n) is 3.11. The van der Waals surface area contributed by atoms with Crippen molar-refractivity contribution in [1.82, 2.24) is 5.01 Å². The van der Waals surface area contributed by atoms with Gasteiger partial charge in [0.25, 0.3) is 0 Å². The van der Waals surface area contributed by atoms with E-state index in [0.717, 1.165) is 5.01 Å². The molecular formula is C8H11N3O. The Hall–Kier alpha value is -1.84. The van der Waals surface area contributed by atoms with E-state index < -0.39 is 0 Å². The Balaban J connectivity index is 4.78. The lowest BCUT2D eigenvalue weighted by Crippen LogP contribution is -2.13. The topological polar surface area (TPSA) is 48.2 Å². The predicted octanol–water partition coefficient (Wildman–Crippen LogP) is 1.66. The number of aliphatic imine (C=N–C) groups is 1. The van der Waals surface area contributed by atoms with Crippen LogP contribution in [0.2, 0.25) is 0 Å². The second kappa shape index (κ2) is 4.90.